The van der Waals surface area contributed by atoms with Crippen molar-refractivity contribution in [1.29, 1.82) is 0 Å². The van der Waals surface area contributed by atoms with Crippen LogP contribution in [0.1, 0.15) is 46.5 Å². The van der Waals surface area contributed by atoms with Crippen molar-refractivity contribution >= 4 is 10.0 Å². The fourth-order valence-electron chi connectivity index (χ4n) is 1.97. The summed E-state index contributed by atoms with van der Waals surface area (Å²) in [6.07, 6.45) is 3.76. The Labute approximate surface area is 112 Å². The van der Waals surface area contributed by atoms with E-state index in [0.29, 0.717) is 24.9 Å². The maximum absolute atomic E-state index is 12.3. The quantitative estimate of drug-likeness (QED) is 0.619. The molecule has 0 atom stereocenters. The molecule has 1 rings (SSSR count). The lowest BCUT2D eigenvalue weighted by Gasteiger charge is -2.22. The molecule has 1 aliphatic rings. The number of rotatable bonds is 10. The molecule has 0 amide bonds. The summed E-state index contributed by atoms with van der Waals surface area (Å²) in [5.41, 5.74) is 0. The Bertz CT molecular complexity index is 324. The molecule has 108 valence electrons. The van der Waals surface area contributed by atoms with Crippen molar-refractivity contribution in [3.8, 4) is 0 Å². The van der Waals surface area contributed by atoms with E-state index in [1.807, 2.05) is 6.92 Å². The van der Waals surface area contributed by atoms with Crippen molar-refractivity contribution in [3.05, 3.63) is 0 Å². The second kappa shape index (κ2) is 7.46. The van der Waals surface area contributed by atoms with Gasteiger partial charge in [-0.25, -0.2) is 8.42 Å². The van der Waals surface area contributed by atoms with Gasteiger partial charge in [-0.05, 0) is 44.7 Å². The lowest BCUT2D eigenvalue weighted by Crippen LogP contribution is -2.37. The van der Waals surface area contributed by atoms with Crippen LogP contribution >= 0.6 is 0 Å². The Morgan fingerprint density at radius 2 is 2.00 bits per heavy atom. The Balaban J connectivity index is 2.44. The van der Waals surface area contributed by atoms with E-state index in [1.165, 1.54) is 0 Å². The van der Waals surface area contributed by atoms with Crippen molar-refractivity contribution in [3.63, 3.8) is 0 Å². The zero-order chi connectivity index (χ0) is 13.6. The Morgan fingerprint density at radius 3 is 2.50 bits per heavy atom. The molecule has 4 nitrogen and oxygen atoms in total. The summed E-state index contributed by atoms with van der Waals surface area (Å²) in [4.78, 5) is 0. The normalized spacial score (nSPS) is 16.7. The van der Waals surface area contributed by atoms with Gasteiger partial charge < -0.3 is 5.32 Å². The van der Waals surface area contributed by atoms with Gasteiger partial charge in [0.15, 0.2) is 0 Å². The second-order valence-electron chi connectivity index (χ2n) is 5.55. The minimum atomic E-state index is -3.04. The standard InChI is InChI=1S/C13H28N2O2S/c1-4-14-9-5-11-18(16,17)15(13-6-7-13)10-8-12(2)3/h12-14H,4-11H2,1-3H3. The van der Waals surface area contributed by atoms with Crippen LogP contribution in [0, 0.1) is 5.92 Å². The fraction of sp³-hybridized carbons (Fsp3) is 1.00. The van der Waals surface area contributed by atoms with Crippen LogP contribution < -0.4 is 5.32 Å². The highest BCUT2D eigenvalue weighted by atomic mass is 32.2. The van der Waals surface area contributed by atoms with E-state index < -0.39 is 10.0 Å². The van der Waals surface area contributed by atoms with E-state index in [2.05, 4.69) is 19.2 Å². The van der Waals surface area contributed by atoms with Crippen molar-refractivity contribution < 1.29 is 8.42 Å². The lowest BCUT2D eigenvalue weighted by molar-refractivity contribution is 0.372. The molecule has 5 heteroatoms. The van der Waals surface area contributed by atoms with Gasteiger partial charge in [0, 0.05) is 12.6 Å². The van der Waals surface area contributed by atoms with Crippen molar-refractivity contribution in [2.75, 3.05) is 25.4 Å². The van der Waals surface area contributed by atoms with E-state index in [9.17, 15) is 8.42 Å². The third-order valence-electron chi connectivity index (χ3n) is 3.24. The van der Waals surface area contributed by atoms with Crippen LogP contribution in [-0.2, 0) is 10.0 Å². The molecule has 0 aromatic heterocycles. The predicted octanol–water partition coefficient (Wildman–Crippen LogP) is 1.83. The molecular formula is C13H28N2O2S. The number of sulfonamides is 1. The number of nitrogens with zero attached hydrogens (tertiary/aromatic N) is 1. The van der Waals surface area contributed by atoms with Crippen LogP contribution in [0.2, 0.25) is 0 Å². The summed E-state index contributed by atoms with van der Waals surface area (Å²) in [6, 6.07) is 0.299. The molecule has 0 aliphatic heterocycles. The maximum atomic E-state index is 12.3. The van der Waals surface area contributed by atoms with Crippen molar-refractivity contribution in [2.45, 2.75) is 52.5 Å². The predicted molar refractivity (Wildman–Crippen MR) is 76.1 cm³/mol. The van der Waals surface area contributed by atoms with Gasteiger partial charge in [-0.3, -0.25) is 0 Å². The summed E-state index contributed by atoms with van der Waals surface area (Å²) in [5, 5.41) is 3.17. The Hall–Kier alpha value is -0.130. The smallest absolute Gasteiger partial charge is 0.214 e. The van der Waals surface area contributed by atoms with Gasteiger partial charge >= 0.3 is 0 Å². The molecule has 0 bridgehead atoms. The highest BCUT2D eigenvalue weighted by Crippen LogP contribution is 2.30. The minimum Gasteiger partial charge on any atom is -0.317 e. The molecule has 0 unspecified atom stereocenters. The van der Waals surface area contributed by atoms with E-state index in [-0.39, 0.29) is 5.75 Å². The maximum Gasteiger partial charge on any atom is 0.214 e. The summed E-state index contributed by atoms with van der Waals surface area (Å²) in [7, 11) is -3.04. The lowest BCUT2D eigenvalue weighted by atomic mass is 10.1. The van der Waals surface area contributed by atoms with Gasteiger partial charge in [-0.2, -0.15) is 4.31 Å². The third kappa shape index (κ3) is 5.67. The summed E-state index contributed by atoms with van der Waals surface area (Å²) >= 11 is 0. The second-order valence-corrected chi connectivity index (χ2v) is 7.59. The SMILES string of the molecule is CCNCCCS(=O)(=O)N(CCC(C)C)C1CC1. The molecule has 1 fully saturated rings. The third-order valence-corrected chi connectivity index (χ3v) is 5.24. The highest BCUT2D eigenvalue weighted by Gasteiger charge is 2.36. The minimum absolute atomic E-state index is 0.286. The number of hydrogen-bond acceptors (Lipinski definition) is 3. The van der Waals surface area contributed by atoms with E-state index >= 15 is 0 Å². The first-order chi connectivity index (χ1) is 8.47. The Kier molecular flexibility index (Phi) is 6.60. The van der Waals surface area contributed by atoms with Crippen molar-refractivity contribution in [2.24, 2.45) is 5.92 Å². The Morgan fingerprint density at radius 1 is 1.33 bits per heavy atom. The number of hydrogen-bond donors (Lipinski definition) is 1. The number of nitrogens with one attached hydrogen (secondary N) is 1. The van der Waals surface area contributed by atoms with Gasteiger partial charge in [-0.1, -0.05) is 20.8 Å². The van der Waals surface area contributed by atoms with Gasteiger partial charge in [0.25, 0.3) is 0 Å². The molecule has 1 N–H and O–H groups in total. The average molecular weight is 276 g/mol. The van der Waals surface area contributed by atoms with Gasteiger partial charge in [-0.15, -0.1) is 0 Å². The molecule has 1 aliphatic carbocycles. The van der Waals surface area contributed by atoms with Crippen LogP contribution in [-0.4, -0.2) is 44.2 Å². The van der Waals surface area contributed by atoms with Crippen molar-refractivity contribution in [1.82, 2.24) is 9.62 Å². The molecule has 0 aromatic carbocycles. The molecular weight excluding hydrogens is 248 g/mol. The van der Waals surface area contributed by atoms with E-state index in [1.54, 1.807) is 4.31 Å². The van der Waals surface area contributed by atoms with E-state index in [0.717, 1.165) is 32.4 Å². The average Bonchev–Trinajstić information content (AvgIpc) is 3.08. The van der Waals surface area contributed by atoms with Crippen LogP contribution in [0.3, 0.4) is 0 Å². The van der Waals surface area contributed by atoms with Gasteiger partial charge in [0.1, 0.15) is 0 Å². The van der Waals surface area contributed by atoms with Gasteiger partial charge in [0.05, 0.1) is 5.75 Å². The van der Waals surface area contributed by atoms with Crippen LogP contribution in [0.15, 0.2) is 0 Å². The zero-order valence-corrected chi connectivity index (χ0v) is 12.8. The first-order valence-corrected chi connectivity index (χ1v) is 8.78. The molecule has 0 radical (unpaired) electrons. The monoisotopic (exact) mass is 276 g/mol. The summed E-state index contributed by atoms with van der Waals surface area (Å²) in [5.74, 6) is 0.845. The zero-order valence-electron chi connectivity index (χ0n) is 12.0. The molecule has 0 saturated heterocycles. The molecule has 0 spiro atoms. The fourth-order valence-corrected chi connectivity index (χ4v) is 3.76. The molecule has 1 saturated carbocycles. The van der Waals surface area contributed by atoms with Crippen LogP contribution in [0.25, 0.3) is 0 Å². The highest BCUT2D eigenvalue weighted by molar-refractivity contribution is 7.89. The first kappa shape index (κ1) is 15.9. The summed E-state index contributed by atoms with van der Waals surface area (Å²) < 4.78 is 26.3. The largest absolute Gasteiger partial charge is 0.317 e. The molecule has 0 heterocycles. The molecule has 18 heavy (non-hydrogen) atoms. The molecule has 0 aromatic rings. The van der Waals surface area contributed by atoms with E-state index in [4.69, 9.17) is 0 Å². The first-order valence-electron chi connectivity index (χ1n) is 7.17. The topological polar surface area (TPSA) is 49.4 Å². The summed E-state index contributed by atoms with van der Waals surface area (Å²) in [6.45, 7) is 8.71. The van der Waals surface area contributed by atoms with Crippen LogP contribution in [0.4, 0.5) is 0 Å². The van der Waals surface area contributed by atoms with Gasteiger partial charge in [0.2, 0.25) is 10.0 Å². The van der Waals surface area contributed by atoms with Crippen LogP contribution in [0.5, 0.6) is 0 Å².